The number of carboxylic acid groups (broad SMARTS) is 1. The van der Waals surface area contributed by atoms with Gasteiger partial charge >= 0.3 is 11.9 Å². The highest BCUT2D eigenvalue weighted by Crippen LogP contribution is 2.15. The van der Waals surface area contributed by atoms with E-state index in [1.165, 1.54) is 18.4 Å². The first kappa shape index (κ1) is 14.7. The van der Waals surface area contributed by atoms with Crippen LogP contribution in [0.1, 0.15) is 29.1 Å². The van der Waals surface area contributed by atoms with E-state index in [0.29, 0.717) is 6.54 Å². The minimum atomic E-state index is -0.939. The maximum atomic E-state index is 11.5. The van der Waals surface area contributed by atoms with Crippen LogP contribution in [-0.2, 0) is 16.1 Å². The molecule has 0 aliphatic carbocycles. The van der Waals surface area contributed by atoms with Crippen molar-refractivity contribution in [2.24, 2.45) is 5.92 Å². The van der Waals surface area contributed by atoms with Gasteiger partial charge in [0.05, 0.1) is 12.7 Å². The molecular formula is C12H17NO4S. The Hall–Kier alpha value is -1.40. The first-order chi connectivity index (χ1) is 8.45. The zero-order chi connectivity index (χ0) is 13.7. The van der Waals surface area contributed by atoms with Crippen LogP contribution in [0.15, 0.2) is 11.4 Å². The zero-order valence-corrected chi connectivity index (χ0v) is 11.4. The molecule has 1 atom stereocenters. The fraction of sp³-hybridized carbons (Fsp3) is 0.500. The Morgan fingerprint density at radius 2 is 2.17 bits per heavy atom. The molecule has 0 spiro atoms. The van der Waals surface area contributed by atoms with E-state index in [1.54, 1.807) is 11.4 Å². The summed E-state index contributed by atoms with van der Waals surface area (Å²) in [4.78, 5) is 23.1. The minimum absolute atomic E-state index is 0.108. The third-order valence-electron chi connectivity index (χ3n) is 2.52. The van der Waals surface area contributed by atoms with Gasteiger partial charge in [-0.15, -0.1) is 11.3 Å². The van der Waals surface area contributed by atoms with Crippen molar-refractivity contribution in [2.75, 3.05) is 7.11 Å². The van der Waals surface area contributed by atoms with Gasteiger partial charge < -0.3 is 9.84 Å². The summed E-state index contributed by atoms with van der Waals surface area (Å²) in [7, 11) is 1.35. The molecule has 0 aromatic carbocycles. The third-order valence-corrected chi connectivity index (χ3v) is 3.46. The molecule has 100 valence electrons. The smallest absolute Gasteiger partial charge is 0.336 e. The highest BCUT2D eigenvalue weighted by atomic mass is 32.1. The minimum Gasteiger partial charge on any atom is -0.478 e. The summed E-state index contributed by atoms with van der Waals surface area (Å²) in [6, 6.07) is 1.22. The van der Waals surface area contributed by atoms with Gasteiger partial charge in [-0.2, -0.15) is 0 Å². The van der Waals surface area contributed by atoms with Crippen LogP contribution in [0.5, 0.6) is 0 Å². The SMILES string of the molecule is COC(=O)[C@@H](NCc1cc(C(=O)O)cs1)C(C)C. The summed E-state index contributed by atoms with van der Waals surface area (Å²) in [5.74, 6) is -1.14. The monoisotopic (exact) mass is 271 g/mol. The molecule has 6 heteroatoms. The predicted molar refractivity (Wildman–Crippen MR) is 68.8 cm³/mol. The fourth-order valence-corrected chi connectivity index (χ4v) is 2.32. The predicted octanol–water partition coefficient (Wildman–Crippen LogP) is 1.73. The maximum Gasteiger partial charge on any atom is 0.336 e. The van der Waals surface area contributed by atoms with E-state index in [1.807, 2.05) is 13.8 Å². The normalized spacial score (nSPS) is 12.4. The van der Waals surface area contributed by atoms with Crippen molar-refractivity contribution in [1.29, 1.82) is 0 Å². The first-order valence-electron chi connectivity index (χ1n) is 5.57. The Labute approximate surface area is 110 Å². The molecule has 0 radical (unpaired) electrons. The summed E-state index contributed by atoms with van der Waals surface area (Å²) in [6.45, 7) is 4.30. The number of aromatic carboxylic acids is 1. The summed E-state index contributed by atoms with van der Waals surface area (Å²) < 4.78 is 4.71. The van der Waals surface area contributed by atoms with Crippen LogP contribution >= 0.6 is 11.3 Å². The van der Waals surface area contributed by atoms with Gasteiger partial charge in [0.1, 0.15) is 6.04 Å². The molecule has 0 aliphatic rings. The van der Waals surface area contributed by atoms with Gasteiger partial charge in [-0.05, 0) is 12.0 Å². The summed E-state index contributed by atoms with van der Waals surface area (Å²) in [5.41, 5.74) is 0.274. The van der Waals surface area contributed by atoms with Crippen molar-refractivity contribution in [3.63, 3.8) is 0 Å². The lowest BCUT2D eigenvalue weighted by Gasteiger charge is -2.19. The van der Waals surface area contributed by atoms with E-state index >= 15 is 0 Å². The molecule has 0 saturated heterocycles. The van der Waals surface area contributed by atoms with Crippen LogP contribution in [0.25, 0.3) is 0 Å². The Bertz CT molecular complexity index is 427. The van der Waals surface area contributed by atoms with Crippen LogP contribution in [0.3, 0.4) is 0 Å². The highest BCUT2D eigenvalue weighted by molar-refractivity contribution is 7.10. The van der Waals surface area contributed by atoms with Crippen LogP contribution in [0, 0.1) is 5.92 Å². The van der Waals surface area contributed by atoms with Gasteiger partial charge in [0.15, 0.2) is 0 Å². The second-order valence-electron chi connectivity index (χ2n) is 4.23. The van der Waals surface area contributed by atoms with E-state index in [0.717, 1.165) is 4.88 Å². The number of thiophene rings is 1. The van der Waals surface area contributed by atoms with Crippen molar-refractivity contribution in [3.05, 3.63) is 21.9 Å². The highest BCUT2D eigenvalue weighted by Gasteiger charge is 2.22. The quantitative estimate of drug-likeness (QED) is 0.771. The van der Waals surface area contributed by atoms with E-state index in [9.17, 15) is 9.59 Å². The topological polar surface area (TPSA) is 75.6 Å². The summed E-state index contributed by atoms with van der Waals surface area (Å²) >= 11 is 1.36. The maximum absolute atomic E-state index is 11.5. The number of hydrogen-bond donors (Lipinski definition) is 2. The number of methoxy groups -OCH3 is 1. The molecular weight excluding hydrogens is 254 g/mol. The molecule has 2 N–H and O–H groups in total. The second kappa shape index (κ2) is 6.51. The van der Waals surface area contributed by atoms with Gasteiger partial charge in [0.25, 0.3) is 0 Å². The molecule has 0 fully saturated rings. The number of rotatable bonds is 6. The number of carboxylic acids is 1. The number of nitrogens with one attached hydrogen (secondary N) is 1. The number of carbonyl (C=O) groups excluding carboxylic acids is 1. The Morgan fingerprint density at radius 3 is 2.61 bits per heavy atom. The average Bonchev–Trinajstić information content (AvgIpc) is 2.77. The number of hydrogen-bond acceptors (Lipinski definition) is 5. The largest absolute Gasteiger partial charge is 0.478 e. The lowest BCUT2D eigenvalue weighted by Crippen LogP contribution is -2.41. The van der Waals surface area contributed by atoms with Crippen molar-refractivity contribution in [1.82, 2.24) is 5.32 Å². The molecule has 0 bridgehead atoms. The summed E-state index contributed by atoms with van der Waals surface area (Å²) in [5, 5.41) is 13.5. The molecule has 1 rings (SSSR count). The van der Waals surface area contributed by atoms with Crippen LogP contribution < -0.4 is 5.32 Å². The summed E-state index contributed by atoms with van der Waals surface area (Å²) in [6.07, 6.45) is 0. The van der Waals surface area contributed by atoms with Gasteiger partial charge in [-0.1, -0.05) is 13.8 Å². The van der Waals surface area contributed by atoms with Gasteiger partial charge in [0, 0.05) is 16.8 Å². The third kappa shape index (κ3) is 3.82. The number of ether oxygens (including phenoxy) is 1. The van der Waals surface area contributed by atoms with Crippen molar-refractivity contribution in [3.8, 4) is 0 Å². The van der Waals surface area contributed by atoms with Gasteiger partial charge in [-0.3, -0.25) is 10.1 Å². The molecule has 0 saturated carbocycles. The average molecular weight is 271 g/mol. The fourth-order valence-electron chi connectivity index (χ4n) is 1.51. The molecule has 5 nitrogen and oxygen atoms in total. The standard InChI is InChI=1S/C12H17NO4S/c1-7(2)10(12(16)17-3)13-5-9-4-8(6-18-9)11(14)15/h4,6-7,10,13H,5H2,1-3H3,(H,14,15)/t10-/m0/s1. The molecule has 0 unspecified atom stereocenters. The molecule has 1 aromatic rings. The van der Waals surface area contributed by atoms with E-state index < -0.39 is 5.97 Å². The molecule has 1 heterocycles. The van der Waals surface area contributed by atoms with Gasteiger partial charge in [-0.25, -0.2) is 4.79 Å². The second-order valence-corrected chi connectivity index (χ2v) is 5.23. The van der Waals surface area contributed by atoms with Crippen LogP contribution in [0.2, 0.25) is 0 Å². The zero-order valence-electron chi connectivity index (χ0n) is 10.6. The van der Waals surface area contributed by atoms with Crippen LogP contribution in [-0.4, -0.2) is 30.2 Å². The lowest BCUT2D eigenvalue weighted by atomic mass is 10.0. The van der Waals surface area contributed by atoms with Crippen molar-refractivity contribution < 1.29 is 19.4 Å². The molecule has 0 aliphatic heterocycles. The Morgan fingerprint density at radius 1 is 1.50 bits per heavy atom. The van der Waals surface area contributed by atoms with E-state index in [2.05, 4.69) is 5.32 Å². The first-order valence-corrected chi connectivity index (χ1v) is 6.45. The van der Waals surface area contributed by atoms with Crippen molar-refractivity contribution >= 4 is 23.3 Å². The number of esters is 1. The van der Waals surface area contributed by atoms with Crippen LogP contribution in [0.4, 0.5) is 0 Å². The molecule has 0 amide bonds. The Kier molecular flexibility index (Phi) is 5.30. The van der Waals surface area contributed by atoms with E-state index in [4.69, 9.17) is 9.84 Å². The molecule has 1 aromatic heterocycles. The van der Waals surface area contributed by atoms with Gasteiger partial charge in [0.2, 0.25) is 0 Å². The van der Waals surface area contributed by atoms with Crippen molar-refractivity contribution in [2.45, 2.75) is 26.4 Å². The number of carbonyl (C=O) groups is 2. The van der Waals surface area contributed by atoms with E-state index in [-0.39, 0.29) is 23.5 Å². The lowest BCUT2D eigenvalue weighted by molar-refractivity contribution is -0.144. The Balaban J connectivity index is 2.61. The molecule has 18 heavy (non-hydrogen) atoms.